The van der Waals surface area contributed by atoms with Crippen molar-refractivity contribution >= 4 is 11.8 Å². The minimum atomic E-state index is 0.803. The topological polar surface area (TPSA) is 15.3 Å². The summed E-state index contributed by atoms with van der Waals surface area (Å²) >= 11 is 2.00. The summed E-state index contributed by atoms with van der Waals surface area (Å²) in [5.74, 6) is 2.11. The van der Waals surface area contributed by atoms with Crippen LogP contribution in [0, 0.1) is 12.8 Å². The van der Waals surface area contributed by atoms with Crippen molar-refractivity contribution in [3.63, 3.8) is 0 Å². The predicted molar refractivity (Wildman–Crippen MR) is 92.1 cm³/mol. The molecule has 21 heavy (non-hydrogen) atoms. The zero-order valence-electron chi connectivity index (χ0n) is 13.2. The summed E-state index contributed by atoms with van der Waals surface area (Å²) in [6, 6.07) is 9.73. The number of thioether (sulfide) groups is 1. The van der Waals surface area contributed by atoms with Gasteiger partial charge in [0.1, 0.15) is 0 Å². The van der Waals surface area contributed by atoms with E-state index in [1.165, 1.54) is 68.1 Å². The molecule has 2 aliphatic rings. The smallest absolute Gasteiger partial charge is 0.0108 e. The second kappa shape index (κ2) is 7.66. The van der Waals surface area contributed by atoms with Crippen LogP contribution < -0.4 is 5.32 Å². The monoisotopic (exact) mass is 304 g/mol. The van der Waals surface area contributed by atoms with Gasteiger partial charge < -0.3 is 10.2 Å². The molecule has 1 aromatic carbocycles. The van der Waals surface area contributed by atoms with Crippen LogP contribution in [0.2, 0.25) is 0 Å². The first-order chi connectivity index (χ1) is 10.3. The molecule has 2 aliphatic heterocycles. The molecule has 0 spiro atoms. The van der Waals surface area contributed by atoms with E-state index in [2.05, 4.69) is 41.4 Å². The zero-order chi connectivity index (χ0) is 14.5. The number of hydrogen-bond donors (Lipinski definition) is 1. The molecule has 2 atom stereocenters. The molecule has 2 unspecified atom stereocenters. The Morgan fingerprint density at radius 3 is 2.81 bits per heavy atom. The third kappa shape index (κ3) is 4.48. The van der Waals surface area contributed by atoms with Gasteiger partial charge >= 0.3 is 0 Å². The van der Waals surface area contributed by atoms with Crippen molar-refractivity contribution in [2.75, 3.05) is 31.9 Å². The third-order valence-electron chi connectivity index (χ3n) is 4.91. The van der Waals surface area contributed by atoms with E-state index in [1.54, 1.807) is 0 Å². The fourth-order valence-electron chi connectivity index (χ4n) is 3.66. The fourth-order valence-corrected chi connectivity index (χ4v) is 4.58. The molecular formula is C18H28N2S. The Bertz CT molecular complexity index is 425. The Morgan fingerprint density at radius 2 is 2.05 bits per heavy atom. The second-order valence-electron chi connectivity index (χ2n) is 6.57. The van der Waals surface area contributed by atoms with Gasteiger partial charge in [0, 0.05) is 29.8 Å². The molecule has 0 aromatic heterocycles. The average molecular weight is 305 g/mol. The van der Waals surface area contributed by atoms with Crippen LogP contribution in [0.15, 0.2) is 29.2 Å². The number of nitrogens with zero attached hydrogens (tertiary/aromatic N) is 1. The van der Waals surface area contributed by atoms with Gasteiger partial charge in [-0.25, -0.2) is 0 Å². The van der Waals surface area contributed by atoms with Gasteiger partial charge in [-0.05, 0) is 63.7 Å². The molecule has 2 heterocycles. The van der Waals surface area contributed by atoms with E-state index in [0.29, 0.717) is 0 Å². The highest BCUT2D eigenvalue weighted by Crippen LogP contribution is 2.25. The summed E-state index contributed by atoms with van der Waals surface area (Å²) in [6.07, 6.45) is 5.60. The molecule has 116 valence electrons. The second-order valence-corrected chi connectivity index (χ2v) is 7.74. The highest BCUT2D eigenvalue weighted by atomic mass is 32.2. The molecule has 3 heteroatoms. The minimum absolute atomic E-state index is 0.803. The summed E-state index contributed by atoms with van der Waals surface area (Å²) in [4.78, 5) is 4.10. The Kier molecular flexibility index (Phi) is 5.61. The normalized spacial score (nSPS) is 27.1. The van der Waals surface area contributed by atoms with E-state index in [4.69, 9.17) is 0 Å². The SMILES string of the molecule is Cc1ccc(SCCN2CCCC(C3CCCN3)C2)cc1. The van der Waals surface area contributed by atoms with Crippen molar-refractivity contribution in [1.82, 2.24) is 10.2 Å². The van der Waals surface area contributed by atoms with Crippen molar-refractivity contribution in [1.29, 1.82) is 0 Å². The molecule has 0 aliphatic carbocycles. The van der Waals surface area contributed by atoms with E-state index in [1.807, 2.05) is 11.8 Å². The Balaban J connectivity index is 1.41. The summed E-state index contributed by atoms with van der Waals surface area (Å²) in [5, 5.41) is 3.70. The number of aryl methyl sites for hydroxylation is 1. The molecule has 2 fully saturated rings. The number of likely N-dealkylation sites (tertiary alicyclic amines) is 1. The summed E-state index contributed by atoms with van der Waals surface area (Å²) in [5.41, 5.74) is 1.35. The first kappa shape index (κ1) is 15.4. The number of hydrogen-bond acceptors (Lipinski definition) is 3. The lowest BCUT2D eigenvalue weighted by Crippen LogP contribution is -2.44. The maximum absolute atomic E-state index is 3.70. The lowest BCUT2D eigenvalue weighted by Gasteiger charge is -2.35. The van der Waals surface area contributed by atoms with E-state index in [0.717, 1.165) is 12.0 Å². The molecule has 3 rings (SSSR count). The number of piperidine rings is 1. The van der Waals surface area contributed by atoms with Crippen molar-refractivity contribution < 1.29 is 0 Å². The number of rotatable bonds is 5. The quantitative estimate of drug-likeness (QED) is 0.838. The molecule has 2 saturated heterocycles. The van der Waals surface area contributed by atoms with Crippen LogP contribution >= 0.6 is 11.8 Å². The molecule has 0 saturated carbocycles. The van der Waals surface area contributed by atoms with Crippen LogP contribution in [0.25, 0.3) is 0 Å². The molecule has 1 aromatic rings. The first-order valence-electron chi connectivity index (χ1n) is 8.46. The van der Waals surface area contributed by atoms with Crippen LogP contribution in [0.5, 0.6) is 0 Å². The van der Waals surface area contributed by atoms with Crippen LogP contribution in [-0.4, -0.2) is 42.9 Å². The summed E-state index contributed by atoms with van der Waals surface area (Å²) in [6.45, 7) is 7.25. The molecule has 0 radical (unpaired) electrons. The maximum Gasteiger partial charge on any atom is 0.0108 e. The predicted octanol–water partition coefficient (Wildman–Crippen LogP) is 3.55. The van der Waals surface area contributed by atoms with Crippen molar-refractivity contribution in [3.8, 4) is 0 Å². The van der Waals surface area contributed by atoms with Gasteiger partial charge in [-0.1, -0.05) is 17.7 Å². The van der Waals surface area contributed by atoms with Crippen molar-refractivity contribution in [2.24, 2.45) is 5.92 Å². The molecule has 0 bridgehead atoms. The Morgan fingerprint density at radius 1 is 1.19 bits per heavy atom. The van der Waals surface area contributed by atoms with Gasteiger partial charge in [0.05, 0.1) is 0 Å². The number of benzene rings is 1. The molecule has 2 nitrogen and oxygen atoms in total. The van der Waals surface area contributed by atoms with E-state index < -0.39 is 0 Å². The van der Waals surface area contributed by atoms with Gasteiger partial charge in [0.2, 0.25) is 0 Å². The van der Waals surface area contributed by atoms with Gasteiger partial charge in [0.25, 0.3) is 0 Å². The highest BCUT2D eigenvalue weighted by Gasteiger charge is 2.28. The van der Waals surface area contributed by atoms with E-state index in [9.17, 15) is 0 Å². The van der Waals surface area contributed by atoms with Gasteiger partial charge in [-0.2, -0.15) is 0 Å². The summed E-state index contributed by atoms with van der Waals surface area (Å²) < 4.78 is 0. The van der Waals surface area contributed by atoms with Crippen LogP contribution in [0.1, 0.15) is 31.2 Å². The van der Waals surface area contributed by atoms with Gasteiger partial charge in [0.15, 0.2) is 0 Å². The van der Waals surface area contributed by atoms with E-state index in [-0.39, 0.29) is 0 Å². The Hall–Kier alpha value is -0.510. The standard InChI is InChI=1S/C18H28N2S/c1-15-6-8-17(9-7-15)21-13-12-20-11-3-4-16(14-20)18-5-2-10-19-18/h6-9,16,18-19H,2-5,10-14H2,1H3. The lowest BCUT2D eigenvalue weighted by atomic mass is 9.90. The fraction of sp³-hybridized carbons (Fsp3) is 0.667. The van der Waals surface area contributed by atoms with Crippen molar-refractivity contribution in [3.05, 3.63) is 29.8 Å². The minimum Gasteiger partial charge on any atom is -0.314 e. The maximum atomic E-state index is 3.70. The van der Waals surface area contributed by atoms with Crippen LogP contribution in [0.3, 0.4) is 0 Å². The van der Waals surface area contributed by atoms with Crippen LogP contribution in [-0.2, 0) is 0 Å². The lowest BCUT2D eigenvalue weighted by molar-refractivity contribution is 0.159. The largest absolute Gasteiger partial charge is 0.314 e. The highest BCUT2D eigenvalue weighted by molar-refractivity contribution is 7.99. The van der Waals surface area contributed by atoms with Gasteiger partial charge in [-0.3, -0.25) is 0 Å². The molecular weight excluding hydrogens is 276 g/mol. The van der Waals surface area contributed by atoms with Crippen LogP contribution in [0.4, 0.5) is 0 Å². The average Bonchev–Trinajstić information content (AvgIpc) is 3.04. The molecule has 1 N–H and O–H groups in total. The third-order valence-corrected chi connectivity index (χ3v) is 5.90. The van der Waals surface area contributed by atoms with Crippen molar-refractivity contribution in [2.45, 2.75) is 43.5 Å². The van der Waals surface area contributed by atoms with E-state index >= 15 is 0 Å². The Labute approximate surface area is 133 Å². The molecule has 0 amide bonds. The number of nitrogens with one attached hydrogen (secondary N) is 1. The van der Waals surface area contributed by atoms with Gasteiger partial charge in [-0.15, -0.1) is 11.8 Å². The first-order valence-corrected chi connectivity index (χ1v) is 9.45. The zero-order valence-corrected chi connectivity index (χ0v) is 14.0. The summed E-state index contributed by atoms with van der Waals surface area (Å²) in [7, 11) is 0.